The van der Waals surface area contributed by atoms with E-state index in [2.05, 4.69) is 10.6 Å². The zero-order chi connectivity index (χ0) is 15.9. The van der Waals surface area contributed by atoms with Gasteiger partial charge in [0.15, 0.2) is 0 Å². The first-order valence-electron chi connectivity index (χ1n) is 7.36. The lowest BCUT2D eigenvalue weighted by Crippen LogP contribution is -2.12. The Morgan fingerprint density at radius 2 is 1.59 bits per heavy atom. The topological polar surface area (TPSA) is 58.2 Å². The van der Waals surface area contributed by atoms with Crippen LogP contribution in [0.5, 0.6) is 0 Å². The number of nitrogens with one attached hydrogen (secondary N) is 2. The molecule has 0 saturated heterocycles. The van der Waals surface area contributed by atoms with Gasteiger partial charge in [0.05, 0.1) is 0 Å². The smallest absolute Gasteiger partial charge is 0.255 e. The number of hydrogen-bond acceptors (Lipinski definition) is 2. The number of rotatable bonds is 5. The van der Waals surface area contributed by atoms with Crippen molar-refractivity contribution in [3.63, 3.8) is 0 Å². The molecule has 4 heteroatoms. The quantitative estimate of drug-likeness (QED) is 0.876. The summed E-state index contributed by atoms with van der Waals surface area (Å²) in [4.78, 5) is 23.6. The normalized spacial score (nSPS) is 10.1. The lowest BCUT2D eigenvalue weighted by Gasteiger charge is -2.08. The number of carbonyl (C=O) groups is 2. The molecule has 0 aliphatic heterocycles. The zero-order valence-corrected chi connectivity index (χ0v) is 12.8. The summed E-state index contributed by atoms with van der Waals surface area (Å²) in [5.41, 5.74) is 3.09. The molecule has 2 rings (SSSR count). The molecule has 114 valence electrons. The van der Waals surface area contributed by atoms with Crippen LogP contribution in [0.25, 0.3) is 0 Å². The summed E-state index contributed by atoms with van der Waals surface area (Å²) in [7, 11) is 0. The molecule has 0 spiro atoms. The van der Waals surface area contributed by atoms with E-state index in [9.17, 15) is 9.59 Å². The maximum atomic E-state index is 12.1. The van der Waals surface area contributed by atoms with E-state index in [1.165, 1.54) is 0 Å². The molecule has 0 aliphatic carbocycles. The highest BCUT2D eigenvalue weighted by Gasteiger charge is 2.06. The van der Waals surface area contributed by atoms with Gasteiger partial charge in [-0.2, -0.15) is 0 Å². The molecule has 0 unspecified atom stereocenters. The minimum Gasteiger partial charge on any atom is -0.326 e. The highest BCUT2D eigenvalue weighted by Crippen LogP contribution is 2.15. The minimum absolute atomic E-state index is 0.000883. The number of benzene rings is 2. The zero-order valence-electron chi connectivity index (χ0n) is 12.8. The highest BCUT2D eigenvalue weighted by atomic mass is 16.2. The van der Waals surface area contributed by atoms with Gasteiger partial charge in [-0.25, -0.2) is 0 Å². The third-order valence-electron chi connectivity index (χ3n) is 3.18. The molecule has 0 saturated carbocycles. The Balaban J connectivity index is 1.99. The molecular formula is C18H20N2O2. The van der Waals surface area contributed by atoms with Gasteiger partial charge in [0, 0.05) is 23.4 Å². The summed E-state index contributed by atoms with van der Waals surface area (Å²) >= 11 is 0. The number of anilines is 2. The van der Waals surface area contributed by atoms with Crippen LogP contribution < -0.4 is 10.6 Å². The van der Waals surface area contributed by atoms with Crippen molar-refractivity contribution in [2.75, 3.05) is 10.6 Å². The summed E-state index contributed by atoms with van der Waals surface area (Å²) in [6.07, 6.45) is 1.32. The first kappa shape index (κ1) is 15.8. The molecule has 4 nitrogen and oxygen atoms in total. The molecule has 0 heterocycles. The molecule has 0 aliphatic rings. The average molecular weight is 296 g/mol. The third-order valence-corrected chi connectivity index (χ3v) is 3.18. The molecule has 2 aromatic rings. The molecule has 0 atom stereocenters. The molecular weight excluding hydrogens is 276 g/mol. The first-order valence-corrected chi connectivity index (χ1v) is 7.36. The third kappa shape index (κ3) is 4.45. The predicted molar refractivity (Wildman–Crippen MR) is 89.1 cm³/mol. The SMILES string of the molecule is CCCC(=O)Nc1ccc(NC(=O)c2cccc(C)c2)cc1. The van der Waals surface area contributed by atoms with Crippen LogP contribution in [-0.2, 0) is 4.79 Å². The Bertz CT molecular complexity index is 663. The summed E-state index contributed by atoms with van der Waals surface area (Å²) < 4.78 is 0. The fourth-order valence-corrected chi connectivity index (χ4v) is 2.08. The van der Waals surface area contributed by atoms with E-state index in [0.717, 1.165) is 17.7 Å². The van der Waals surface area contributed by atoms with Crippen LogP contribution in [0.1, 0.15) is 35.7 Å². The standard InChI is InChI=1S/C18H20N2O2/c1-3-5-17(21)19-15-8-10-16(11-9-15)20-18(22)14-7-4-6-13(2)12-14/h4,6-12H,3,5H2,1-2H3,(H,19,21)(H,20,22). The first-order chi connectivity index (χ1) is 10.6. The van der Waals surface area contributed by atoms with Crippen molar-refractivity contribution in [3.05, 3.63) is 59.7 Å². The van der Waals surface area contributed by atoms with E-state index in [1.54, 1.807) is 30.3 Å². The largest absolute Gasteiger partial charge is 0.326 e. The predicted octanol–water partition coefficient (Wildman–Crippen LogP) is 3.99. The van der Waals surface area contributed by atoms with E-state index >= 15 is 0 Å². The van der Waals surface area contributed by atoms with E-state index < -0.39 is 0 Å². The van der Waals surface area contributed by atoms with Gasteiger partial charge in [-0.3, -0.25) is 9.59 Å². The number of hydrogen-bond donors (Lipinski definition) is 2. The molecule has 2 N–H and O–H groups in total. The second-order valence-electron chi connectivity index (χ2n) is 5.20. The lowest BCUT2D eigenvalue weighted by molar-refractivity contribution is -0.116. The molecule has 2 aromatic carbocycles. The Labute approximate surface area is 130 Å². The summed E-state index contributed by atoms with van der Waals surface area (Å²) in [6, 6.07) is 14.5. The fraction of sp³-hybridized carbons (Fsp3) is 0.222. The Morgan fingerprint density at radius 3 is 2.18 bits per heavy atom. The molecule has 22 heavy (non-hydrogen) atoms. The van der Waals surface area contributed by atoms with Crippen LogP contribution in [0.3, 0.4) is 0 Å². The van der Waals surface area contributed by atoms with Gasteiger partial charge in [0.25, 0.3) is 5.91 Å². The van der Waals surface area contributed by atoms with Crippen molar-refractivity contribution >= 4 is 23.2 Å². The van der Waals surface area contributed by atoms with Crippen molar-refractivity contribution in [3.8, 4) is 0 Å². The van der Waals surface area contributed by atoms with E-state index in [4.69, 9.17) is 0 Å². The van der Waals surface area contributed by atoms with Crippen LogP contribution in [0.2, 0.25) is 0 Å². The van der Waals surface area contributed by atoms with Gasteiger partial charge < -0.3 is 10.6 Å². The summed E-state index contributed by atoms with van der Waals surface area (Å²) in [5.74, 6) is -0.148. The average Bonchev–Trinajstić information content (AvgIpc) is 2.49. The molecule has 0 fully saturated rings. The molecule has 0 bridgehead atoms. The van der Waals surface area contributed by atoms with Crippen LogP contribution in [0.15, 0.2) is 48.5 Å². The van der Waals surface area contributed by atoms with Gasteiger partial charge in [-0.1, -0.05) is 24.6 Å². The minimum atomic E-state index is -0.147. The van der Waals surface area contributed by atoms with Crippen LogP contribution >= 0.6 is 0 Å². The van der Waals surface area contributed by atoms with E-state index in [0.29, 0.717) is 17.7 Å². The maximum Gasteiger partial charge on any atom is 0.255 e. The van der Waals surface area contributed by atoms with E-state index in [-0.39, 0.29) is 11.8 Å². The Kier molecular flexibility index (Phi) is 5.31. The second kappa shape index (κ2) is 7.41. The highest BCUT2D eigenvalue weighted by molar-refractivity contribution is 6.04. The Hall–Kier alpha value is -2.62. The second-order valence-corrected chi connectivity index (χ2v) is 5.20. The maximum absolute atomic E-state index is 12.1. The number of amides is 2. The van der Waals surface area contributed by atoms with Crippen molar-refractivity contribution in [2.45, 2.75) is 26.7 Å². The fourth-order valence-electron chi connectivity index (χ4n) is 2.08. The van der Waals surface area contributed by atoms with Gasteiger partial charge in [-0.05, 0) is 49.7 Å². The number of aryl methyl sites for hydroxylation is 1. The lowest BCUT2D eigenvalue weighted by atomic mass is 10.1. The van der Waals surface area contributed by atoms with Crippen molar-refractivity contribution in [1.29, 1.82) is 0 Å². The monoisotopic (exact) mass is 296 g/mol. The van der Waals surface area contributed by atoms with Gasteiger partial charge in [0.2, 0.25) is 5.91 Å². The van der Waals surface area contributed by atoms with E-state index in [1.807, 2.05) is 32.0 Å². The van der Waals surface area contributed by atoms with Gasteiger partial charge in [0.1, 0.15) is 0 Å². The van der Waals surface area contributed by atoms with Crippen molar-refractivity contribution < 1.29 is 9.59 Å². The number of carbonyl (C=O) groups excluding carboxylic acids is 2. The summed E-state index contributed by atoms with van der Waals surface area (Å²) in [6.45, 7) is 3.91. The van der Waals surface area contributed by atoms with Crippen LogP contribution in [-0.4, -0.2) is 11.8 Å². The van der Waals surface area contributed by atoms with Gasteiger partial charge >= 0.3 is 0 Å². The van der Waals surface area contributed by atoms with Gasteiger partial charge in [-0.15, -0.1) is 0 Å². The molecule has 0 radical (unpaired) electrons. The van der Waals surface area contributed by atoms with Crippen LogP contribution in [0, 0.1) is 6.92 Å². The molecule has 2 amide bonds. The Morgan fingerprint density at radius 1 is 0.955 bits per heavy atom. The van der Waals surface area contributed by atoms with Crippen molar-refractivity contribution in [1.82, 2.24) is 0 Å². The van der Waals surface area contributed by atoms with Crippen molar-refractivity contribution in [2.24, 2.45) is 0 Å². The van der Waals surface area contributed by atoms with Crippen LogP contribution in [0.4, 0.5) is 11.4 Å². The summed E-state index contributed by atoms with van der Waals surface area (Å²) in [5, 5.41) is 5.65. The molecule has 0 aromatic heterocycles.